The number of aromatic nitrogens is 1. The van der Waals surface area contributed by atoms with Crippen LogP contribution in [0.3, 0.4) is 0 Å². The number of nitrogens with zero attached hydrogens (tertiary/aromatic N) is 2. The van der Waals surface area contributed by atoms with Crippen molar-refractivity contribution >= 4 is 22.2 Å². The van der Waals surface area contributed by atoms with Gasteiger partial charge in [-0.3, -0.25) is 0 Å². The van der Waals surface area contributed by atoms with Gasteiger partial charge in [-0.25, -0.2) is 4.98 Å². The van der Waals surface area contributed by atoms with Crippen molar-refractivity contribution in [3.63, 3.8) is 0 Å². The summed E-state index contributed by atoms with van der Waals surface area (Å²) in [6, 6.07) is 8.52. The smallest absolute Gasteiger partial charge is 0.190 e. The van der Waals surface area contributed by atoms with E-state index in [4.69, 9.17) is 4.98 Å². The molecule has 0 atom stereocenters. The maximum absolute atomic E-state index is 4.91. The number of para-hydroxylation sites is 1. The Labute approximate surface area is 132 Å². The predicted octanol–water partition coefficient (Wildman–Crippen LogP) is 4.28. The summed E-state index contributed by atoms with van der Waals surface area (Å²) in [6.45, 7) is 8.39. The second kappa shape index (κ2) is 7.57. The van der Waals surface area contributed by atoms with Crippen molar-refractivity contribution in [1.29, 1.82) is 0 Å². The molecule has 0 radical (unpaired) electrons. The summed E-state index contributed by atoms with van der Waals surface area (Å²) in [5, 5.41) is 4.37. The van der Waals surface area contributed by atoms with E-state index < -0.39 is 0 Å². The van der Waals surface area contributed by atoms with Gasteiger partial charge in [0.15, 0.2) is 5.13 Å². The average molecular weight is 303 g/mol. The van der Waals surface area contributed by atoms with Crippen LogP contribution < -0.4 is 10.2 Å². The summed E-state index contributed by atoms with van der Waals surface area (Å²) in [5.41, 5.74) is 3.80. The number of thiazole rings is 1. The molecule has 2 aromatic rings. The number of anilines is 2. The molecular weight excluding hydrogens is 278 g/mol. The predicted molar refractivity (Wildman–Crippen MR) is 92.7 cm³/mol. The van der Waals surface area contributed by atoms with Gasteiger partial charge < -0.3 is 10.2 Å². The molecule has 1 heterocycles. The number of benzene rings is 1. The molecule has 0 unspecified atom stereocenters. The van der Waals surface area contributed by atoms with Crippen LogP contribution >= 0.6 is 11.3 Å². The molecular formula is C17H25N3S. The Morgan fingerprint density at radius 1 is 1.24 bits per heavy atom. The van der Waals surface area contributed by atoms with Crippen LogP contribution in [0.2, 0.25) is 0 Å². The summed E-state index contributed by atoms with van der Waals surface area (Å²) >= 11 is 1.81. The second-order valence-electron chi connectivity index (χ2n) is 5.18. The zero-order chi connectivity index (χ0) is 15.2. The molecule has 0 amide bonds. The van der Waals surface area contributed by atoms with E-state index in [1.165, 1.54) is 21.8 Å². The Morgan fingerprint density at radius 3 is 2.62 bits per heavy atom. The van der Waals surface area contributed by atoms with Crippen molar-refractivity contribution in [3.8, 4) is 0 Å². The van der Waals surface area contributed by atoms with Crippen molar-refractivity contribution < 1.29 is 0 Å². The summed E-state index contributed by atoms with van der Waals surface area (Å²) in [5.74, 6) is 0. The van der Waals surface area contributed by atoms with Gasteiger partial charge in [-0.2, -0.15) is 0 Å². The standard InChI is InChI=1S/C17H25N3S/c1-5-9-14-16(12-18-4)21-17(19-14)20(6-2)15-11-8-7-10-13(15)3/h7-8,10-11,18H,5-6,9,12H2,1-4H3. The lowest BCUT2D eigenvalue weighted by molar-refractivity contribution is 0.797. The van der Waals surface area contributed by atoms with Crippen LogP contribution in [0.5, 0.6) is 0 Å². The van der Waals surface area contributed by atoms with E-state index in [2.05, 4.69) is 55.3 Å². The Balaban J connectivity index is 2.38. The molecule has 2 rings (SSSR count). The molecule has 0 bridgehead atoms. The monoisotopic (exact) mass is 303 g/mol. The first kappa shape index (κ1) is 16.0. The van der Waals surface area contributed by atoms with E-state index in [-0.39, 0.29) is 0 Å². The van der Waals surface area contributed by atoms with Gasteiger partial charge in [0.05, 0.1) is 5.69 Å². The Kier molecular flexibility index (Phi) is 5.76. The molecule has 0 aliphatic rings. The van der Waals surface area contributed by atoms with Gasteiger partial charge in [0.1, 0.15) is 0 Å². The third-order valence-corrected chi connectivity index (χ3v) is 4.67. The van der Waals surface area contributed by atoms with Gasteiger partial charge in [-0.05, 0) is 38.9 Å². The lowest BCUT2D eigenvalue weighted by Crippen LogP contribution is -2.16. The largest absolute Gasteiger partial charge is 0.318 e. The molecule has 1 aromatic carbocycles. The first-order valence-electron chi connectivity index (χ1n) is 7.67. The van der Waals surface area contributed by atoms with Crippen LogP contribution in [-0.2, 0) is 13.0 Å². The van der Waals surface area contributed by atoms with E-state index in [0.717, 1.165) is 31.1 Å². The van der Waals surface area contributed by atoms with Gasteiger partial charge in [-0.15, -0.1) is 0 Å². The SMILES string of the molecule is CCCc1nc(N(CC)c2ccccc2C)sc1CNC. The average Bonchev–Trinajstić information content (AvgIpc) is 2.86. The summed E-state index contributed by atoms with van der Waals surface area (Å²) in [7, 11) is 1.99. The molecule has 0 fully saturated rings. The zero-order valence-electron chi connectivity index (χ0n) is 13.4. The number of aryl methyl sites for hydroxylation is 2. The molecule has 0 aliphatic carbocycles. The van der Waals surface area contributed by atoms with E-state index in [9.17, 15) is 0 Å². The highest BCUT2D eigenvalue weighted by atomic mass is 32.1. The topological polar surface area (TPSA) is 28.2 Å². The number of hydrogen-bond donors (Lipinski definition) is 1. The number of rotatable bonds is 7. The first-order valence-corrected chi connectivity index (χ1v) is 8.49. The van der Waals surface area contributed by atoms with Crippen LogP contribution in [0.25, 0.3) is 0 Å². The first-order chi connectivity index (χ1) is 10.2. The fraction of sp³-hybridized carbons (Fsp3) is 0.471. The van der Waals surface area contributed by atoms with Gasteiger partial charge in [0.2, 0.25) is 0 Å². The van der Waals surface area contributed by atoms with Crippen LogP contribution in [0.1, 0.15) is 36.4 Å². The van der Waals surface area contributed by atoms with E-state index in [1.54, 1.807) is 0 Å². The third-order valence-electron chi connectivity index (χ3n) is 3.54. The molecule has 4 heteroatoms. The molecule has 0 aliphatic heterocycles. The highest BCUT2D eigenvalue weighted by Gasteiger charge is 2.17. The fourth-order valence-corrected chi connectivity index (χ4v) is 3.69. The van der Waals surface area contributed by atoms with Gasteiger partial charge in [-0.1, -0.05) is 42.9 Å². The van der Waals surface area contributed by atoms with Gasteiger partial charge >= 0.3 is 0 Å². The Bertz CT molecular complexity index is 554. The lowest BCUT2D eigenvalue weighted by Gasteiger charge is -2.21. The minimum atomic E-state index is 0.901. The minimum absolute atomic E-state index is 0.901. The van der Waals surface area contributed by atoms with E-state index >= 15 is 0 Å². The van der Waals surface area contributed by atoms with Gasteiger partial charge in [0, 0.05) is 23.7 Å². The van der Waals surface area contributed by atoms with Crippen LogP contribution in [0, 0.1) is 6.92 Å². The Morgan fingerprint density at radius 2 is 2.00 bits per heavy atom. The molecule has 1 aromatic heterocycles. The van der Waals surface area contributed by atoms with Crippen molar-refractivity contribution in [2.45, 2.75) is 40.2 Å². The van der Waals surface area contributed by atoms with Crippen molar-refractivity contribution in [1.82, 2.24) is 10.3 Å². The van der Waals surface area contributed by atoms with Crippen molar-refractivity contribution in [2.75, 3.05) is 18.5 Å². The Hall–Kier alpha value is -1.39. The normalized spacial score (nSPS) is 10.9. The minimum Gasteiger partial charge on any atom is -0.318 e. The molecule has 1 N–H and O–H groups in total. The maximum Gasteiger partial charge on any atom is 0.190 e. The van der Waals surface area contributed by atoms with Crippen LogP contribution in [0.15, 0.2) is 24.3 Å². The molecule has 114 valence electrons. The molecule has 0 saturated carbocycles. The molecule has 3 nitrogen and oxygen atoms in total. The summed E-state index contributed by atoms with van der Waals surface area (Å²) < 4.78 is 0. The summed E-state index contributed by atoms with van der Waals surface area (Å²) in [6.07, 6.45) is 2.19. The van der Waals surface area contributed by atoms with E-state index in [0.29, 0.717) is 0 Å². The highest BCUT2D eigenvalue weighted by Crippen LogP contribution is 2.33. The van der Waals surface area contributed by atoms with Crippen molar-refractivity contribution in [2.24, 2.45) is 0 Å². The number of nitrogens with one attached hydrogen (secondary N) is 1. The lowest BCUT2D eigenvalue weighted by atomic mass is 10.2. The molecule has 21 heavy (non-hydrogen) atoms. The zero-order valence-corrected chi connectivity index (χ0v) is 14.3. The van der Waals surface area contributed by atoms with Crippen LogP contribution in [0.4, 0.5) is 10.8 Å². The summed E-state index contributed by atoms with van der Waals surface area (Å²) in [4.78, 5) is 8.59. The van der Waals surface area contributed by atoms with E-state index in [1.807, 2.05) is 18.4 Å². The van der Waals surface area contributed by atoms with Crippen LogP contribution in [-0.4, -0.2) is 18.6 Å². The van der Waals surface area contributed by atoms with Crippen molar-refractivity contribution in [3.05, 3.63) is 40.4 Å². The molecule has 0 saturated heterocycles. The molecule has 0 spiro atoms. The quantitative estimate of drug-likeness (QED) is 0.827. The second-order valence-corrected chi connectivity index (χ2v) is 6.24. The number of hydrogen-bond acceptors (Lipinski definition) is 4. The van der Waals surface area contributed by atoms with Gasteiger partial charge in [0.25, 0.3) is 0 Å². The third kappa shape index (κ3) is 3.63. The highest BCUT2D eigenvalue weighted by molar-refractivity contribution is 7.15. The maximum atomic E-state index is 4.91. The fourth-order valence-electron chi connectivity index (χ4n) is 2.49.